The number of para-hydroxylation sites is 1. The van der Waals surface area contributed by atoms with Gasteiger partial charge >= 0.3 is 5.97 Å². The van der Waals surface area contributed by atoms with Crippen LogP contribution < -0.4 is 5.32 Å². The van der Waals surface area contributed by atoms with Crippen molar-refractivity contribution in [2.45, 2.75) is 0 Å². The van der Waals surface area contributed by atoms with Crippen molar-refractivity contribution in [3.8, 4) is 0 Å². The van der Waals surface area contributed by atoms with Gasteiger partial charge in [-0.25, -0.2) is 14.3 Å². The molecule has 0 aliphatic heterocycles. The number of carbonyl (C=O) groups is 2. The van der Waals surface area contributed by atoms with Gasteiger partial charge in [-0.15, -0.1) is 5.10 Å². The molecule has 110 valence electrons. The van der Waals surface area contributed by atoms with E-state index in [0.29, 0.717) is 11.5 Å². The number of benzene rings is 1. The lowest BCUT2D eigenvalue weighted by Crippen LogP contribution is -2.16. The third-order valence-electron chi connectivity index (χ3n) is 2.90. The second-order valence-electron chi connectivity index (χ2n) is 4.29. The highest BCUT2D eigenvalue weighted by Gasteiger charge is 2.17. The Labute approximate surface area is 124 Å². The molecule has 0 atom stereocenters. The first kappa shape index (κ1) is 13.7. The van der Waals surface area contributed by atoms with Gasteiger partial charge in [-0.1, -0.05) is 12.1 Å². The van der Waals surface area contributed by atoms with Gasteiger partial charge in [-0.2, -0.15) is 4.98 Å². The molecular formula is C14H11N5O3. The first-order valence-corrected chi connectivity index (χ1v) is 6.35. The summed E-state index contributed by atoms with van der Waals surface area (Å²) in [4.78, 5) is 31.9. The van der Waals surface area contributed by atoms with Crippen molar-refractivity contribution < 1.29 is 14.3 Å². The van der Waals surface area contributed by atoms with E-state index in [1.54, 1.807) is 42.7 Å². The Morgan fingerprint density at radius 1 is 1.23 bits per heavy atom. The Balaban J connectivity index is 1.90. The molecule has 8 heteroatoms. The minimum absolute atomic E-state index is 0.0432. The Hall–Kier alpha value is -3.29. The molecule has 0 aliphatic rings. The van der Waals surface area contributed by atoms with Crippen molar-refractivity contribution in [1.29, 1.82) is 0 Å². The van der Waals surface area contributed by atoms with Gasteiger partial charge in [-0.05, 0) is 18.2 Å². The van der Waals surface area contributed by atoms with Gasteiger partial charge in [0.05, 0.1) is 18.4 Å². The molecule has 1 N–H and O–H groups in total. The third kappa shape index (κ3) is 2.49. The molecular weight excluding hydrogens is 286 g/mol. The van der Waals surface area contributed by atoms with Crippen LogP contribution in [0.2, 0.25) is 0 Å². The van der Waals surface area contributed by atoms with E-state index in [-0.39, 0.29) is 11.4 Å². The number of fused-ring (bicyclic) bond motifs is 1. The highest BCUT2D eigenvalue weighted by atomic mass is 16.5. The fourth-order valence-corrected chi connectivity index (χ4v) is 1.89. The molecule has 0 aliphatic carbocycles. The summed E-state index contributed by atoms with van der Waals surface area (Å²) in [6, 6.07) is 8.20. The maximum Gasteiger partial charge on any atom is 0.339 e. The summed E-state index contributed by atoms with van der Waals surface area (Å²) in [5, 5.41) is 6.62. The summed E-state index contributed by atoms with van der Waals surface area (Å²) in [6.45, 7) is 0. The number of nitrogens with zero attached hydrogens (tertiary/aromatic N) is 4. The standard InChI is InChI=1S/C14H11N5O3/c1-22-13(21)9-5-2-3-6-10(9)16-12(20)11-17-14-15-7-4-8-19(14)18-11/h2-8H,1H3,(H,16,20). The molecule has 3 aromatic rings. The van der Waals surface area contributed by atoms with E-state index >= 15 is 0 Å². The molecule has 0 radical (unpaired) electrons. The fraction of sp³-hybridized carbons (Fsp3) is 0.0714. The van der Waals surface area contributed by atoms with Crippen molar-refractivity contribution in [3.63, 3.8) is 0 Å². The smallest absolute Gasteiger partial charge is 0.339 e. The number of hydrogen-bond donors (Lipinski definition) is 1. The zero-order chi connectivity index (χ0) is 15.5. The molecule has 0 bridgehead atoms. The number of esters is 1. The largest absolute Gasteiger partial charge is 0.465 e. The summed E-state index contributed by atoms with van der Waals surface area (Å²) in [5.41, 5.74) is 0.575. The first-order valence-electron chi connectivity index (χ1n) is 6.35. The molecule has 1 aromatic carbocycles. The van der Waals surface area contributed by atoms with Crippen molar-refractivity contribution in [2.24, 2.45) is 0 Å². The second kappa shape index (κ2) is 5.60. The summed E-state index contributed by atoms with van der Waals surface area (Å²) in [6.07, 6.45) is 3.19. The van der Waals surface area contributed by atoms with Gasteiger partial charge < -0.3 is 10.1 Å². The lowest BCUT2D eigenvalue weighted by Gasteiger charge is -2.07. The van der Waals surface area contributed by atoms with E-state index in [4.69, 9.17) is 0 Å². The molecule has 3 rings (SSSR count). The number of carbonyl (C=O) groups excluding carboxylic acids is 2. The summed E-state index contributed by atoms with van der Waals surface area (Å²) in [5.74, 6) is -0.811. The van der Waals surface area contributed by atoms with Crippen LogP contribution in [0.3, 0.4) is 0 Å². The molecule has 0 fully saturated rings. The lowest BCUT2D eigenvalue weighted by atomic mass is 10.2. The van der Waals surface area contributed by atoms with Crippen molar-refractivity contribution in [2.75, 3.05) is 12.4 Å². The van der Waals surface area contributed by atoms with Crippen LogP contribution in [0.5, 0.6) is 0 Å². The quantitative estimate of drug-likeness (QED) is 0.728. The van der Waals surface area contributed by atoms with Crippen LogP contribution in [0.25, 0.3) is 5.78 Å². The summed E-state index contributed by atoms with van der Waals surface area (Å²) >= 11 is 0. The SMILES string of the molecule is COC(=O)c1ccccc1NC(=O)c1nc2ncccn2n1. The number of hydrogen-bond acceptors (Lipinski definition) is 6. The minimum Gasteiger partial charge on any atom is -0.465 e. The number of nitrogens with one attached hydrogen (secondary N) is 1. The van der Waals surface area contributed by atoms with Crippen LogP contribution in [0, 0.1) is 0 Å². The second-order valence-corrected chi connectivity index (χ2v) is 4.29. The predicted molar refractivity (Wildman–Crippen MR) is 76.5 cm³/mol. The molecule has 1 amide bonds. The van der Waals surface area contributed by atoms with Gasteiger partial charge in [0, 0.05) is 12.4 Å². The van der Waals surface area contributed by atoms with Gasteiger partial charge in [0.25, 0.3) is 11.7 Å². The van der Waals surface area contributed by atoms with Crippen LogP contribution in [-0.4, -0.2) is 38.6 Å². The van der Waals surface area contributed by atoms with Crippen LogP contribution >= 0.6 is 0 Å². The fourth-order valence-electron chi connectivity index (χ4n) is 1.89. The molecule has 0 unspecified atom stereocenters. The Kier molecular flexibility index (Phi) is 3.48. The molecule has 2 aromatic heterocycles. The van der Waals surface area contributed by atoms with E-state index < -0.39 is 11.9 Å². The number of anilines is 1. The Morgan fingerprint density at radius 2 is 2.05 bits per heavy atom. The monoisotopic (exact) mass is 297 g/mol. The topological polar surface area (TPSA) is 98.5 Å². The Morgan fingerprint density at radius 3 is 2.82 bits per heavy atom. The minimum atomic E-state index is -0.541. The number of ether oxygens (including phenoxy) is 1. The maximum absolute atomic E-state index is 12.2. The van der Waals surface area contributed by atoms with E-state index in [0.717, 1.165) is 0 Å². The lowest BCUT2D eigenvalue weighted by molar-refractivity contribution is 0.0602. The first-order chi connectivity index (χ1) is 10.7. The van der Waals surface area contributed by atoms with Crippen molar-refractivity contribution in [1.82, 2.24) is 19.6 Å². The summed E-state index contributed by atoms with van der Waals surface area (Å²) in [7, 11) is 1.27. The molecule has 2 heterocycles. The summed E-state index contributed by atoms with van der Waals surface area (Å²) < 4.78 is 6.07. The zero-order valence-electron chi connectivity index (χ0n) is 11.6. The third-order valence-corrected chi connectivity index (χ3v) is 2.90. The number of aromatic nitrogens is 4. The molecule has 0 saturated carbocycles. The van der Waals surface area contributed by atoms with Crippen LogP contribution in [-0.2, 0) is 4.74 Å². The Bertz CT molecular complexity index is 825. The van der Waals surface area contributed by atoms with Crippen molar-refractivity contribution in [3.05, 3.63) is 54.1 Å². The van der Waals surface area contributed by atoms with Crippen LogP contribution in [0.15, 0.2) is 42.7 Å². The average Bonchev–Trinajstić information content (AvgIpc) is 2.99. The van der Waals surface area contributed by atoms with E-state index in [9.17, 15) is 9.59 Å². The number of methoxy groups -OCH3 is 1. The normalized spacial score (nSPS) is 10.4. The number of amides is 1. The average molecular weight is 297 g/mol. The molecule has 22 heavy (non-hydrogen) atoms. The molecule has 0 saturated heterocycles. The van der Waals surface area contributed by atoms with Gasteiger partial charge in [0.2, 0.25) is 5.82 Å². The molecule has 0 spiro atoms. The zero-order valence-corrected chi connectivity index (χ0v) is 11.6. The number of rotatable bonds is 3. The van der Waals surface area contributed by atoms with Gasteiger partial charge in [0.1, 0.15) is 0 Å². The predicted octanol–water partition coefficient (Wildman–Crippen LogP) is 1.16. The van der Waals surface area contributed by atoms with Gasteiger partial charge in [-0.3, -0.25) is 4.79 Å². The van der Waals surface area contributed by atoms with E-state index in [2.05, 4.69) is 25.1 Å². The maximum atomic E-state index is 12.2. The van der Waals surface area contributed by atoms with E-state index in [1.807, 2.05) is 0 Å². The van der Waals surface area contributed by atoms with E-state index in [1.165, 1.54) is 11.6 Å². The molecule has 8 nitrogen and oxygen atoms in total. The van der Waals surface area contributed by atoms with Crippen LogP contribution in [0.1, 0.15) is 21.0 Å². The van der Waals surface area contributed by atoms with Gasteiger partial charge in [0.15, 0.2) is 0 Å². The van der Waals surface area contributed by atoms with Crippen LogP contribution in [0.4, 0.5) is 5.69 Å². The highest BCUT2D eigenvalue weighted by Crippen LogP contribution is 2.16. The highest BCUT2D eigenvalue weighted by molar-refractivity contribution is 6.06. The van der Waals surface area contributed by atoms with Crippen molar-refractivity contribution >= 4 is 23.3 Å².